The summed E-state index contributed by atoms with van der Waals surface area (Å²) in [6, 6.07) is 5.70. The molecular formula is C24H28N4O4S. The summed E-state index contributed by atoms with van der Waals surface area (Å²) in [5.41, 5.74) is 1.80. The molecule has 1 aromatic carbocycles. The van der Waals surface area contributed by atoms with Gasteiger partial charge in [-0.15, -0.1) is 11.3 Å². The van der Waals surface area contributed by atoms with Crippen molar-refractivity contribution < 1.29 is 14.3 Å². The largest absolute Gasteiger partial charge is 0.495 e. The second-order valence-electron chi connectivity index (χ2n) is 8.50. The molecule has 3 heterocycles. The number of aryl methyl sites for hydroxylation is 2. The molecule has 33 heavy (non-hydrogen) atoms. The number of fused-ring (bicyclic) bond motifs is 1. The van der Waals surface area contributed by atoms with Gasteiger partial charge in [0.1, 0.15) is 17.1 Å². The van der Waals surface area contributed by atoms with Gasteiger partial charge in [0.25, 0.3) is 11.5 Å². The highest BCUT2D eigenvalue weighted by Crippen LogP contribution is 2.30. The predicted molar refractivity (Wildman–Crippen MR) is 129 cm³/mol. The topological polar surface area (TPSA) is 93.5 Å². The standard InChI is InChI=1S/C24H28N4O4S/c1-14-8-9-18(32-4)17(11-14)26-22(30)21-16(3)20-23(33-21)25-13-27(24(20)31)12-19(29)28-10-6-5-7-15(28)2/h8-9,11,13,15H,5-7,10,12H2,1-4H3,(H,26,30). The molecule has 1 N–H and O–H groups in total. The second-order valence-corrected chi connectivity index (χ2v) is 9.50. The number of benzene rings is 1. The second kappa shape index (κ2) is 9.35. The highest BCUT2D eigenvalue weighted by atomic mass is 32.1. The molecule has 0 radical (unpaired) electrons. The van der Waals surface area contributed by atoms with Gasteiger partial charge in [0.2, 0.25) is 5.91 Å². The Kier molecular flexibility index (Phi) is 6.51. The van der Waals surface area contributed by atoms with E-state index in [1.54, 1.807) is 20.1 Å². The van der Waals surface area contributed by atoms with Crippen LogP contribution in [-0.4, -0.2) is 46.0 Å². The highest BCUT2D eigenvalue weighted by Gasteiger charge is 2.25. The van der Waals surface area contributed by atoms with Gasteiger partial charge in [-0.3, -0.25) is 19.0 Å². The first-order chi connectivity index (χ1) is 15.8. The molecule has 1 aliphatic rings. The number of hydrogen-bond acceptors (Lipinski definition) is 6. The molecule has 4 rings (SSSR count). The van der Waals surface area contributed by atoms with Gasteiger partial charge in [0.05, 0.1) is 29.4 Å². The van der Waals surface area contributed by atoms with Crippen LogP contribution in [0.2, 0.25) is 0 Å². The maximum Gasteiger partial charge on any atom is 0.266 e. The SMILES string of the molecule is COc1ccc(C)cc1NC(=O)c1sc2ncn(CC(=O)N3CCCCC3C)c(=O)c2c1C. The van der Waals surface area contributed by atoms with E-state index in [4.69, 9.17) is 4.74 Å². The molecule has 174 valence electrons. The molecule has 2 aromatic heterocycles. The third-order valence-corrected chi connectivity index (χ3v) is 7.35. The summed E-state index contributed by atoms with van der Waals surface area (Å²) in [6.45, 7) is 6.37. The van der Waals surface area contributed by atoms with Crippen molar-refractivity contribution in [2.45, 2.75) is 52.6 Å². The Bertz CT molecular complexity index is 1280. The highest BCUT2D eigenvalue weighted by molar-refractivity contribution is 7.20. The van der Waals surface area contributed by atoms with E-state index in [1.807, 2.05) is 30.9 Å². The number of anilines is 1. The quantitative estimate of drug-likeness (QED) is 0.616. The number of rotatable bonds is 5. The van der Waals surface area contributed by atoms with Crippen LogP contribution in [0.25, 0.3) is 10.2 Å². The number of nitrogens with zero attached hydrogens (tertiary/aromatic N) is 3. The molecule has 1 aliphatic heterocycles. The molecule has 2 amide bonds. The Morgan fingerprint density at radius 2 is 2.06 bits per heavy atom. The third-order valence-electron chi connectivity index (χ3n) is 6.16. The van der Waals surface area contributed by atoms with Gasteiger partial charge in [-0.1, -0.05) is 6.07 Å². The van der Waals surface area contributed by atoms with Gasteiger partial charge >= 0.3 is 0 Å². The monoisotopic (exact) mass is 468 g/mol. The van der Waals surface area contributed by atoms with Crippen LogP contribution in [-0.2, 0) is 11.3 Å². The van der Waals surface area contributed by atoms with Crippen molar-refractivity contribution in [3.63, 3.8) is 0 Å². The zero-order valence-corrected chi connectivity index (χ0v) is 20.1. The minimum atomic E-state index is -0.330. The summed E-state index contributed by atoms with van der Waals surface area (Å²) in [7, 11) is 1.54. The van der Waals surface area contributed by atoms with Gasteiger partial charge < -0.3 is 15.0 Å². The van der Waals surface area contributed by atoms with Crippen molar-refractivity contribution in [3.05, 3.63) is 50.9 Å². The normalized spacial score (nSPS) is 16.1. The van der Waals surface area contributed by atoms with Crippen LogP contribution < -0.4 is 15.6 Å². The summed E-state index contributed by atoms with van der Waals surface area (Å²) >= 11 is 1.17. The van der Waals surface area contributed by atoms with Gasteiger partial charge in [-0.2, -0.15) is 0 Å². The Morgan fingerprint density at radius 1 is 1.27 bits per heavy atom. The Hall–Kier alpha value is -3.20. The van der Waals surface area contributed by atoms with Crippen LogP contribution in [0.15, 0.2) is 29.3 Å². The summed E-state index contributed by atoms with van der Waals surface area (Å²) in [5, 5.41) is 3.26. The molecule has 0 spiro atoms. The van der Waals surface area contributed by atoms with Crippen LogP contribution in [0.3, 0.4) is 0 Å². The Balaban J connectivity index is 1.62. The first-order valence-corrected chi connectivity index (χ1v) is 11.9. The van der Waals surface area contributed by atoms with Crippen molar-refractivity contribution in [2.24, 2.45) is 0 Å². The molecule has 0 aliphatic carbocycles. The third kappa shape index (κ3) is 4.50. The first kappa shape index (κ1) is 23.0. The molecule has 9 heteroatoms. The van der Waals surface area contributed by atoms with E-state index in [0.717, 1.165) is 24.8 Å². The van der Waals surface area contributed by atoms with E-state index in [1.165, 1.54) is 22.2 Å². The number of aromatic nitrogens is 2. The number of likely N-dealkylation sites (tertiary alicyclic amines) is 1. The Labute approximate surface area is 196 Å². The number of ether oxygens (including phenoxy) is 1. The van der Waals surface area contributed by atoms with E-state index in [0.29, 0.717) is 38.6 Å². The molecule has 3 aromatic rings. The lowest BCUT2D eigenvalue weighted by Crippen LogP contribution is -2.44. The van der Waals surface area contributed by atoms with Gasteiger partial charge in [-0.05, 0) is 63.3 Å². The number of thiophene rings is 1. The fraction of sp³-hybridized carbons (Fsp3) is 0.417. The zero-order valence-electron chi connectivity index (χ0n) is 19.3. The van der Waals surface area contributed by atoms with Crippen molar-refractivity contribution in [3.8, 4) is 5.75 Å². The number of methoxy groups -OCH3 is 1. The predicted octanol–water partition coefficient (Wildman–Crippen LogP) is 3.74. The van der Waals surface area contributed by atoms with E-state index in [9.17, 15) is 14.4 Å². The fourth-order valence-corrected chi connectivity index (χ4v) is 5.33. The number of hydrogen-bond donors (Lipinski definition) is 1. The molecule has 8 nitrogen and oxygen atoms in total. The zero-order chi connectivity index (χ0) is 23.7. The number of nitrogens with one attached hydrogen (secondary N) is 1. The van der Waals surface area contributed by atoms with Crippen LogP contribution >= 0.6 is 11.3 Å². The maximum atomic E-state index is 13.2. The summed E-state index contributed by atoms with van der Waals surface area (Å²) in [4.78, 5) is 46.2. The smallest absolute Gasteiger partial charge is 0.266 e. The lowest BCUT2D eigenvalue weighted by atomic mass is 10.0. The van der Waals surface area contributed by atoms with E-state index in [2.05, 4.69) is 10.3 Å². The average molecular weight is 469 g/mol. The van der Waals surface area contributed by atoms with Gasteiger partial charge in [-0.25, -0.2) is 4.98 Å². The van der Waals surface area contributed by atoms with Crippen LogP contribution in [0.5, 0.6) is 5.75 Å². The van der Waals surface area contributed by atoms with Gasteiger partial charge in [0.15, 0.2) is 0 Å². The molecule has 1 saturated heterocycles. The van der Waals surface area contributed by atoms with Crippen LogP contribution in [0.4, 0.5) is 5.69 Å². The first-order valence-electron chi connectivity index (χ1n) is 11.0. The van der Waals surface area contributed by atoms with Crippen molar-refractivity contribution in [1.29, 1.82) is 0 Å². The molecule has 0 saturated carbocycles. The summed E-state index contributed by atoms with van der Waals surface area (Å²) in [6.07, 6.45) is 4.48. The number of carbonyl (C=O) groups excluding carboxylic acids is 2. The van der Waals surface area contributed by atoms with Crippen LogP contribution in [0.1, 0.15) is 47.0 Å². The van der Waals surface area contributed by atoms with Crippen molar-refractivity contribution in [1.82, 2.24) is 14.5 Å². The summed E-state index contributed by atoms with van der Waals surface area (Å²) < 4.78 is 6.69. The van der Waals surface area contributed by atoms with Crippen LogP contribution in [0, 0.1) is 13.8 Å². The van der Waals surface area contributed by atoms with E-state index in [-0.39, 0.29) is 30.0 Å². The molecule has 1 fully saturated rings. The molecule has 1 unspecified atom stereocenters. The number of piperidine rings is 1. The van der Waals surface area contributed by atoms with E-state index >= 15 is 0 Å². The molecule has 1 atom stereocenters. The van der Waals surface area contributed by atoms with Gasteiger partial charge in [0, 0.05) is 12.6 Å². The van der Waals surface area contributed by atoms with Crippen molar-refractivity contribution in [2.75, 3.05) is 19.0 Å². The average Bonchev–Trinajstić information content (AvgIpc) is 3.13. The Morgan fingerprint density at radius 3 is 2.79 bits per heavy atom. The minimum Gasteiger partial charge on any atom is -0.495 e. The lowest BCUT2D eigenvalue weighted by Gasteiger charge is -2.33. The lowest BCUT2D eigenvalue weighted by molar-refractivity contribution is -0.135. The maximum absolute atomic E-state index is 13.2. The van der Waals surface area contributed by atoms with E-state index < -0.39 is 0 Å². The fourth-order valence-electron chi connectivity index (χ4n) is 4.29. The molecule has 0 bridgehead atoms. The molecular weight excluding hydrogens is 440 g/mol. The number of carbonyl (C=O) groups is 2. The van der Waals surface area contributed by atoms with Crippen molar-refractivity contribution >= 4 is 39.1 Å². The minimum absolute atomic E-state index is 0.0522. The summed E-state index contributed by atoms with van der Waals surface area (Å²) in [5.74, 6) is 0.144. The number of amides is 2.